The Labute approximate surface area is 135 Å². The number of carbonyl (C=O) groups excluding carboxylic acids is 2. The van der Waals surface area contributed by atoms with E-state index in [1.54, 1.807) is 26.8 Å². The largest absolute Gasteiger partial charge is 0.443 e. The van der Waals surface area contributed by atoms with E-state index in [4.69, 9.17) is 4.74 Å². The number of rotatable bonds is 4. The number of allylic oxidation sites excluding steroid dienone is 1. The van der Waals surface area contributed by atoms with E-state index < -0.39 is 19.8 Å². The number of ether oxygens (including phenoxy) is 1. The molecule has 0 saturated carbocycles. The minimum absolute atomic E-state index is 0.189. The standard InChI is InChI=1S/C17H29NO3Si/c1-8-14-12-13(10-9-11-22(5,6)7)15(19)18(14)16(20)21-17(2,3)4/h8-10,13-14H,1,11-12H2,2-7H3/b10-9+/t13-,14+/m1/s1. The highest BCUT2D eigenvalue weighted by Gasteiger charge is 2.42. The first-order valence-electron chi connectivity index (χ1n) is 7.80. The van der Waals surface area contributed by atoms with Crippen LogP contribution in [0.5, 0.6) is 0 Å². The van der Waals surface area contributed by atoms with E-state index in [1.807, 2.05) is 6.08 Å². The van der Waals surface area contributed by atoms with Gasteiger partial charge in [-0.1, -0.05) is 37.9 Å². The van der Waals surface area contributed by atoms with Crippen molar-refractivity contribution in [2.45, 2.75) is 64.5 Å². The smallest absolute Gasteiger partial charge is 0.417 e. The van der Waals surface area contributed by atoms with Crippen LogP contribution >= 0.6 is 0 Å². The molecule has 1 fully saturated rings. The minimum Gasteiger partial charge on any atom is -0.443 e. The second kappa shape index (κ2) is 6.81. The van der Waals surface area contributed by atoms with Crippen LogP contribution in [0.3, 0.4) is 0 Å². The summed E-state index contributed by atoms with van der Waals surface area (Å²) in [5.41, 5.74) is -0.616. The molecule has 1 rings (SSSR count). The van der Waals surface area contributed by atoms with E-state index in [2.05, 4.69) is 32.3 Å². The monoisotopic (exact) mass is 323 g/mol. The maximum Gasteiger partial charge on any atom is 0.417 e. The van der Waals surface area contributed by atoms with Crippen LogP contribution in [0, 0.1) is 5.92 Å². The Morgan fingerprint density at radius 3 is 2.45 bits per heavy atom. The highest BCUT2D eigenvalue weighted by atomic mass is 28.3. The SMILES string of the molecule is C=C[C@H]1C[C@@H](/C=C/C[Si](C)(C)C)C(=O)N1C(=O)OC(C)(C)C. The molecule has 0 aromatic carbocycles. The first-order valence-corrected chi connectivity index (χ1v) is 11.5. The minimum atomic E-state index is -1.17. The number of likely N-dealkylation sites (tertiary alicyclic amines) is 1. The molecule has 0 bridgehead atoms. The van der Waals surface area contributed by atoms with Gasteiger partial charge in [-0.3, -0.25) is 4.79 Å². The van der Waals surface area contributed by atoms with E-state index in [1.165, 1.54) is 4.90 Å². The second-order valence-electron chi connectivity index (χ2n) is 8.03. The van der Waals surface area contributed by atoms with E-state index in [0.717, 1.165) is 6.04 Å². The normalized spacial score (nSPS) is 23.2. The van der Waals surface area contributed by atoms with Gasteiger partial charge in [0.2, 0.25) is 5.91 Å². The summed E-state index contributed by atoms with van der Waals surface area (Å²) in [7, 11) is -1.17. The summed E-state index contributed by atoms with van der Waals surface area (Å²) in [5, 5.41) is 0. The van der Waals surface area contributed by atoms with Gasteiger partial charge in [0.05, 0.1) is 12.0 Å². The highest BCUT2D eigenvalue weighted by molar-refractivity contribution is 6.76. The fourth-order valence-electron chi connectivity index (χ4n) is 2.29. The highest BCUT2D eigenvalue weighted by Crippen LogP contribution is 2.29. The van der Waals surface area contributed by atoms with Gasteiger partial charge >= 0.3 is 6.09 Å². The molecule has 0 unspecified atom stereocenters. The Bertz CT molecular complexity index is 471. The molecule has 1 aliphatic rings. The van der Waals surface area contributed by atoms with Gasteiger partial charge in [-0.15, -0.1) is 6.58 Å². The van der Waals surface area contributed by atoms with Gasteiger partial charge in [0.1, 0.15) is 5.60 Å². The third-order valence-corrected chi connectivity index (χ3v) is 4.80. The lowest BCUT2D eigenvalue weighted by molar-refractivity contribution is -0.129. The molecule has 0 radical (unpaired) electrons. The molecule has 4 nitrogen and oxygen atoms in total. The van der Waals surface area contributed by atoms with E-state index >= 15 is 0 Å². The van der Waals surface area contributed by atoms with Crippen LogP contribution in [0.2, 0.25) is 25.7 Å². The second-order valence-corrected chi connectivity index (χ2v) is 13.6. The van der Waals surface area contributed by atoms with Gasteiger partial charge in [-0.25, -0.2) is 9.69 Å². The molecule has 0 N–H and O–H groups in total. The van der Waals surface area contributed by atoms with Crippen molar-refractivity contribution >= 4 is 20.1 Å². The van der Waals surface area contributed by atoms with Gasteiger partial charge in [-0.2, -0.15) is 0 Å². The number of carbonyl (C=O) groups is 2. The number of amides is 2. The summed E-state index contributed by atoms with van der Waals surface area (Å²) in [6.45, 7) is 16.0. The lowest BCUT2D eigenvalue weighted by atomic mass is 10.0. The Morgan fingerprint density at radius 1 is 1.41 bits per heavy atom. The van der Waals surface area contributed by atoms with Crippen molar-refractivity contribution in [2.24, 2.45) is 5.92 Å². The van der Waals surface area contributed by atoms with Crippen molar-refractivity contribution in [2.75, 3.05) is 0 Å². The van der Waals surface area contributed by atoms with E-state index in [9.17, 15) is 9.59 Å². The Hall–Kier alpha value is -1.36. The predicted octanol–water partition coefficient (Wildman–Crippen LogP) is 4.22. The van der Waals surface area contributed by atoms with Crippen molar-refractivity contribution < 1.29 is 14.3 Å². The zero-order chi connectivity index (χ0) is 17.1. The zero-order valence-electron chi connectivity index (χ0n) is 14.7. The molecule has 1 saturated heterocycles. The molecule has 2 amide bonds. The Balaban J connectivity index is 2.82. The van der Waals surface area contributed by atoms with Gasteiger partial charge in [0, 0.05) is 8.07 Å². The van der Waals surface area contributed by atoms with Crippen molar-refractivity contribution in [3.05, 3.63) is 24.8 Å². The van der Waals surface area contributed by atoms with Crippen LogP contribution in [0.15, 0.2) is 24.8 Å². The van der Waals surface area contributed by atoms with Gasteiger partial charge in [-0.05, 0) is 33.2 Å². The Morgan fingerprint density at radius 2 is 2.00 bits per heavy atom. The summed E-state index contributed by atoms with van der Waals surface area (Å²) in [4.78, 5) is 25.9. The van der Waals surface area contributed by atoms with Crippen LogP contribution in [0.25, 0.3) is 0 Å². The average Bonchev–Trinajstić information content (AvgIpc) is 2.62. The predicted molar refractivity (Wildman–Crippen MR) is 92.5 cm³/mol. The summed E-state index contributed by atoms with van der Waals surface area (Å²) in [6, 6.07) is 0.742. The fraction of sp³-hybridized carbons (Fsp3) is 0.647. The van der Waals surface area contributed by atoms with Crippen LogP contribution in [-0.4, -0.2) is 36.6 Å². The van der Waals surface area contributed by atoms with Crippen LogP contribution in [-0.2, 0) is 9.53 Å². The van der Waals surface area contributed by atoms with Gasteiger partial charge in [0.15, 0.2) is 0 Å². The third kappa shape index (κ3) is 5.44. The van der Waals surface area contributed by atoms with Crippen molar-refractivity contribution in [1.29, 1.82) is 0 Å². The molecule has 22 heavy (non-hydrogen) atoms. The van der Waals surface area contributed by atoms with Crippen molar-refractivity contribution in [3.63, 3.8) is 0 Å². The molecular weight excluding hydrogens is 294 g/mol. The fourth-order valence-corrected chi connectivity index (χ4v) is 3.14. The molecular formula is C17H29NO3Si. The molecule has 0 aromatic heterocycles. The number of nitrogens with zero attached hydrogens (tertiary/aromatic N) is 1. The van der Waals surface area contributed by atoms with Crippen LogP contribution in [0.4, 0.5) is 4.79 Å². The molecule has 1 heterocycles. The molecule has 5 heteroatoms. The molecule has 1 aliphatic heterocycles. The first-order chi connectivity index (χ1) is 9.94. The van der Waals surface area contributed by atoms with E-state index in [-0.39, 0.29) is 17.9 Å². The molecule has 0 aliphatic carbocycles. The lowest BCUT2D eigenvalue weighted by Crippen LogP contribution is -2.42. The molecule has 0 aromatic rings. The van der Waals surface area contributed by atoms with Gasteiger partial charge in [0.25, 0.3) is 0 Å². The number of hydrogen-bond donors (Lipinski definition) is 0. The average molecular weight is 324 g/mol. The topological polar surface area (TPSA) is 46.6 Å². The first kappa shape index (κ1) is 18.7. The summed E-state index contributed by atoms with van der Waals surface area (Å²) < 4.78 is 5.33. The Kier molecular flexibility index (Phi) is 5.79. The summed E-state index contributed by atoms with van der Waals surface area (Å²) in [6.07, 6.45) is 5.69. The number of imide groups is 1. The lowest BCUT2D eigenvalue weighted by Gasteiger charge is -2.26. The van der Waals surface area contributed by atoms with E-state index in [0.29, 0.717) is 6.42 Å². The number of hydrogen-bond acceptors (Lipinski definition) is 3. The quantitative estimate of drug-likeness (QED) is 0.575. The van der Waals surface area contributed by atoms with Gasteiger partial charge < -0.3 is 4.74 Å². The van der Waals surface area contributed by atoms with Crippen LogP contribution in [0.1, 0.15) is 27.2 Å². The maximum atomic E-state index is 12.5. The molecule has 2 atom stereocenters. The van der Waals surface area contributed by atoms with Crippen molar-refractivity contribution in [3.8, 4) is 0 Å². The molecule has 0 spiro atoms. The summed E-state index contributed by atoms with van der Waals surface area (Å²) in [5.74, 6) is -0.446. The molecule has 124 valence electrons. The van der Waals surface area contributed by atoms with Crippen LogP contribution < -0.4 is 0 Å². The van der Waals surface area contributed by atoms with Crippen molar-refractivity contribution in [1.82, 2.24) is 4.90 Å². The maximum absolute atomic E-state index is 12.5. The zero-order valence-corrected chi connectivity index (χ0v) is 15.7. The third-order valence-electron chi connectivity index (χ3n) is 3.34. The summed E-state index contributed by atoms with van der Waals surface area (Å²) >= 11 is 0.